The second-order valence-electron chi connectivity index (χ2n) is 7.19. The average molecular weight is 457 g/mol. The molecule has 0 atom stereocenters. The Labute approximate surface area is 193 Å². The fourth-order valence-corrected chi connectivity index (χ4v) is 2.78. The highest BCUT2D eigenvalue weighted by atomic mass is 19.3. The van der Waals surface area contributed by atoms with Gasteiger partial charge in [-0.05, 0) is 51.3 Å². The lowest BCUT2D eigenvalue weighted by molar-refractivity contribution is 0.151. The fourth-order valence-electron chi connectivity index (χ4n) is 2.78. The summed E-state index contributed by atoms with van der Waals surface area (Å²) in [6.07, 6.45) is 8.05. The van der Waals surface area contributed by atoms with Gasteiger partial charge in [-0.3, -0.25) is 15.0 Å². The van der Waals surface area contributed by atoms with Gasteiger partial charge in [-0.15, -0.1) is 5.10 Å². The van der Waals surface area contributed by atoms with Crippen LogP contribution in [-0.2, 0) is 18.4 Å². The van der Waals surface area contributed by atoms with Crippen molar-refractivity contribution in [3.05, 3.63) is 64.8 Å². The minimum atomic E-state index is -2.57. The molecule has 0 radical (unpaired) electrons. The van der Waals surface area contributed by atoms with E-state index >= 15 is 0 Å². The summed E-state index contributed by atoms with van der Waals surface area (Å²) < 4.78 is 33.0. The Bertz CT molecular complexity index is 1040. The van der Waals surface area contributed by atoms with Gasteiger partial charge in [0.25, 0.3) is 6.43 Å². The van der Waals surface area contributed by atoms with Gasteiger partial charge in [0.05, 0.1) is 17.2 Å². The number of alkyl halides is 2. The molecule has 9 heteroatoms. The van der Waals surface area contributed by atoms with Crippen LogP contribution < -0.4 is 0 Å². The van der Waals surface area contributed by atoms with Crippen LogP contribution in [0.15, 0.2) is 63.6 Å². The van der Waals surface area contributed by atoms with Crippen molar-refractivity contribution in [2.75, 3.05) is 6.54 Å². The van der Waals surface area contributed by atoms with Crippen LogP contribution in [0.4, 0.5) is 8.78 Å². The number of hydrogen-bond acceptors (Lipinski definition) is 6. The molecule has 0 aliphatic rings. The van der Waals surface area contributed by atoms with Crippen molar-refractivity contribution in [3.63, 3.8) is 0 Å². The van der Waals surface area contributed by atoms with Crippen LogP contribution in [0, 0.1) is 0 Å². The van der Waals surface area contributed by atoms with Crippen molar-refractivity contribution in [3.8, 4) is 11.4 Å². The number of nitrogens with zero attached hydrogens (tertiary/aromatic N) is 6. The summed E-state index contributed by atoms with van der Waals surface area (Å²) in [5.74, 6) is 0.641. The number of unbranched alkanes of at least 4 members (excludes halogenated alkanes) is 1. The molecule has 0 amide bonds. The molecule has 7 nitrogen and oxygen atoms in total. The Morgan fingerprint density at radius 2 is 2.09 bits per heavy atom. The molecule has 33 heavy (non-hydrogen) atoms. The third-order valence-corrected chi connectivity index (χ3v) is 4.78. The summed E-state index contributed by atoms with van der Waals surface area (Å²) in [6, 6.07) is 2.83. The molecule has 0 bridgehead atoms. The largest absolute Gasteiger partial charge is 0.492 e. The molecule has 2 rings (SSSR count). The van der Waals surface area contributed by atoms with Crippen molar-refractivity contribution in [2.24, 2.45) is 17.0 Å². The molecule has 0 fully saturated rings. The van der Waals surface area contributed by atoms with Gasteiger partial charge in [-0.1, -0.05) is 24.6 Å². The highest BCUT2D eigenvalue weighted by Gasteiger charge is 2.16. The van der Waals surface area contributed by atoms with Crippen molar-refractivity contribution in [2.45, 2.75) is 46.6 Å². The summed E-state index contributed by atoms with van der Waals surface area (Å²) in [6.45, 7) is 10.5. The predicted molar refractivity (Wildman–Crippen MR) is 127 cm³/mol. The zero-order valence-electron chi connectivity index (χ0n) is 19.5. The van der Waals surface area contributed by atoms with Crippen molar-refractivity contribution in [1.29, 1.82) is 0 Å². The quantitative estimate of drug-likeness (QED) is 0.179. The number of ether oxygens (including phenoxy) is 1. The Morgan fingerprint density at radius 3 is 2.70 bits per heavy atom. The zero-order valence-corrected chi connectivity index (χ0v) is 19.5. The molecule has 0 N–H and O–H groups in total. The van der Waals surface area contributed by atoms with E-state index in [4.69, 9.17) is 4.74 Å². The number of aromatic nitrogens is 4. The maximum Gasteiger partial charge on any atom is 0.265 e. The zero-order chi connectivity index (χ0) is 24.2. The van der Waals surface area contributed by atoms with Crippen LogP contribution >= 0.6 is 0 Å². The molecule has 2 aromatic heterocycles. The third kappa shape index (κ3) is 7.55. The Kier molecular flexibility index (Phi) is 10.3. The molecule has 176 valence electrons. The minimum Gasteiger partial charge on any atom is -0.492 e. The van der Waals surface area contributed by atoms with Gasteiger partial charge in [0.2, 0.25) is 0 Å². The molecule has 0 aliphatic heterocycles. The number of allylic oxidation sites excluding steroid dienone is 5. The highest BCUT2D eigenvalue weighted by molar-refractivity contribution is 5.84. The molecular formula is C24H30F2N6O. The van der Waals surface area contributed by atoms with Crippen LogP contribution in [0.2, 0.25) is 0 Å². The number of aliphatic imine (C=N–C) groups is 2. The summed E-state index contributed by atoms with van der Waals surface area (Å²) >= 11 is 0. The van der Waals surface area contributed by atoms with E-state index in [1.807, 2.05) is 26.0 Å². The molecule has 0 aliphatic carbocycles. The Morgan fingerprint density at radius 1 is 1.30 bits per heavy atom. The monoisotopic (exact) mass is 456 g/mol. The van der Waals surface area contributed by atoms with Crippen LogP contribution in [-0.4, -0.2) is 39.5 Å². The number of hydrogen-bond donors (Lipinski definition) is 0. The van der Waals surface area contributed by atoms with E-state index < -0.39 is 6.43 Å². The topological polar surface area (TPSA) is 77.5 Å². The third-order valence-electron chi connectivity index (χ3n) is 4.78. The number of aryl methyl sites for hydroxylation is 1. The van der Waals surface area contributed by atoms with Gasteiger partial charge in [0.1, 0.15) is 18.0 Å². The second kappa shape index (κ2) is 13.1. The van der Waals surface area contributed by atoms with Crippen molar-refractivity contribution < 1.29 is 13.5 Å². The highest BCUT2D eigenvalue weighted by Crippen LogP contribution is 2.23. The molecule has 0 spiro atoms. The van der Waals surface area contributed by atoms with Gasteiger partial charge < -0.3 is 4.74 Å². The molecule has 2 heterocycles. The minimum absolute atomic E-state index is 0.145. The van der Waals surface area contributed by atoms with E-state index in [9.17, 15) is 8.78 Å². The van der Waals surface area contributed by atoms with E-state index in [2.05, 4.69) is 38.9 Å². The second-order valence-corrected chi connectivity index (χ2v) is 7.19. The summed E-state index contributed by atoms with van der Waals surface area (Å²) in [5.41, 5.74) is 3.02. The summed E-state index contributed by atoms with van der Waals surface area (Å²) in [5, 5.41) is 8.12. The van der Waals surface area contributed by atoms with Gasteiger partial charge >= 0.3 is 0 Å². The molecule has 0 unspecified atom stereocenters. The van der Waals surface area contributed by atoms with Crippen LogP contribution in [0.5, 0.6) is 0 Å². The van der Waals surface area contributed by atoms with Crippen molar-refractivity contribution >= 4 is 12.9 Å². The standard InChI is InChI=1S/C24H30F2N6O/c1-6-8-13-28-14-18(7-2)20(27-4)11-9-17(3)33-16-22-23(30-31-32(22)5)21-12-10-19(15-29-21)24(25)26/h7,9-12,14-15,24H,4,6,8,13,16H2,1-3,5H3/b17-9+,18-7+,20-11-,28-14?. The first kappa shape index (κ1) is 25.8. The molecule has 2 aromatic rings. The van der Waals surface area contributed by atoms with Gasteiger partial charge in [-0.2, -0.15) is 0 Å². The maximum absolute atomic E-state index is 12.8. The van der Waals surface area contributed by atoms with E-state index in [1.165, 1.54) is 12.1 Å². The average Bonchev–Trinajstić information content (AvgIpc) is 3.19. The van der Waals surface area contributed by atoms with Gasteiger partial charge in [-0.25, -0.2) is 13.5 Å². The number of pyridine rings is 1. The van der Waals surface area contributed by atoms with Gasteiger partial charge in [0.15, 0.2) is 0 Å². The van der Waals surface area contributed by atoms with E-state index in [0.29, 0.717) is 28.5 Å². The van der Waals surface area contributed by atoms with Gasteiger partial charge in [0, 0.05) is 37.1 Å². The molecule has 0 saturated carbocycles. The van der Waals surface area contributed by atoms with Crippen LogP contribution in [0.1, 0.15) is 51.3 Å². The fraction of sp³-hybridized carbons (Fsp3) is 0.375. The summed E-state index contributed by atoms with van der Waals surface area (Å²) in [7, 11) is 1.73. The summed E-state index contributed by atoms with van der Waals surface area (Å²) in [4.78, 5) is 12.6. The van der Waals surface area contributed by atoms with E-state index in [-0.39, 0.29) is 12.2 Å². The lowest BCUT2D eigenvalue weighted by Crippen LogP contribution is -2.02. The van der Waals surface area contributed by atoms with Crippen molar-refractivity contribution in [1.82, 2.24) is 20.0 Å². The SMILES string of the molecule is C=NC(=C\C=C(/C)OCc1c(-c2ccc(C(F)F)cn2)nnn1C)/C(C=NCCCC)=C/C. The lowest BCUT2D eigenvalue weighted by atomic mass is 10.2. The van der Waals surface area contributed by atoms with E-state index in [1.54, 1.807) is 24.0 Å². The van der Waals surface area contributed by atoms with E-state index in [0.717, 1.165) is 31.2 Å². The maximum atomic E-state index is 12.8. The van der Waals surface area contributed by atoms with Crippen LogP contribution in [0.25, 0.3) is 11.4 Å². The normalized spacial score (nSPS) is 13.2. The first-order valence-electron chi connectivity index (χ1n) is 10.7. The molecule has 0 aromatic carbocycles. The van der Waals surface area contributed by atoms with Crippen LogP contribution in [0.3, 0.4) is 0 Å². The Balaban J connectivity index is 2.12. The first-order chi connectivity index (χ1) is 15.9. The molecular weight excluding hydrogens is 426 g/mol. The number of rotatable bonds is 12. The lowest BCUT2D eigenvalue weighted by Gasteiger charge is -2.08. The Hall–Kier alpha value is -3.49. The molecule has 0 saturated heterocycles. The smallest absolute Gasteiger partial charge is 0.265 e. The first-order valence-corrected chi connectivity index (χ1v) is 10.7. The predicted octanol–water partition coefficient (Wildman–Crippen LogP) is 5.64. The number of halogens is 2.